The van der Waals surface area contributed by atoms with Crippen LogP contribution in [0.25, 0.3) is 0 Å². The van der Waals surface area contributed by atoms with Gasteiger partial charge in [-0.2, -0.15) is 0 Å². The second-order valence-corrected chi connectivity index (χ2v) is 0.764. The maximum Gasteiger partial charge on any atom is 0.0886 e. The highest BCUT2D eigenvalue weighted by Gasteiger charge is 1.59. The van der Waals surface area contributed by atoms with Crippen molar-refractivity contribution in [3.05, 3.63) is 30.5 Å². The van der Waals surface area contributed by atoms with Crippen molar-refractivity contribution >= 4 is 0 Å². The fourth-order valence-corrected chi connectivity index (χ4v) is 0.193. The van der Waals surface area contributed by atoms with Crippen molar-refractivity contribution in [1.29, 1.82) is 0 Å². The first-order valence-corrected chi connectivity index (χ1v) is 1.52. The highest BCUT2D eigenvalue weighted by molar-refractivity contribution is 4.86. The number of nitrogens with zero attached hydrogens (tertiary/aromatic N) is 1. The molecule has 1 radical (unpaired) electrons. The van der Waals surface area contributed by atoms with Crippen LogP contribution in [0.4, 0.5) is 0 Å². The number of hydrogen-bond donors (Lipinski definition) is 0. The van der Waals surface area contributed by atoms with Crippen LogP contribution >= 0.6 is 0 Å². The molecule has 1 nitrogen and oxygen atoms in total. The lowest BCUT2D eigenvalue weighted by Crippen LogP contribution is -1.60. The monoisotopic (exact) mass is 81.1 g/mol. The van der Waals surface area contributed by atoms with Gasteiger partial charge in [0.15, 0.2) is 0 Å². The molecular weight excluding hydrogens is 74.1 g/mol. The summed E-state index contributed by atoms with van der Waals surface area (Å²) in [4.78, 5) is 3.42. The number of rotatable bonds is 0. The van der Waals surface area contributed by atoms with Crippen LogP contribution in [0, 0.1) is 6.20 Å². The lowest BCUT2D eigenvalue weighted by atomic mass is 10.5. The molecule has 0 saturated carbocycles. The quantitative estimate of drug-likeness (QED) is 0.451. The Labute approximate surface area is 40.9 Å². The molecule has 29 valence electrons. The lowest BCUT2D eigenvalue weighted by Gasteiger charge is -1.68. The maximum atomic E-state index is 7.00. The van der Waals surface area contributed by atoms with Gasteiger partial charge in [-0.1, -0.05) is 6.04 Å². The maximum absolute atomic E-state index is 7.00. The van der Waals surface area contributed by atoms with Gasteiger partial charge >= 0.3 is 0 Å². The first kappa shape index (κ1) is 1.34. The van der Waals surface area contributed by atoms with Gasteiger partial charge in [-0.15, -0.1) is 0 Å². The van der Waals surface area contributed by atoms with E-state index in [9.17, 15) is 0 Å². The van der Waals surface area contributed by atoms with Gasteiger partial charge in [0.1, 0.15) is 0 Å². The summed E-state index contributed by atoms with van der Waals surface area (Å²) in [6.45, 7) is 0. The fourth-order valence-electron chi connectivity index (χ4n) is 0.193. The van der Waals surface area contributed by atoms with Crippen molar-refractivity contribution in [3.63, 3.8) is 0 Å². The molecule has 0 fully saturated rings. The molecule has 0 spiro atoms. The van der Waals surface area contributed by atoms with E-state index in [-0.39, 0.29) is 18.1 Å². The Balaban J connectivity index is 3.25. The third kappa shape index (κ3) is 0.549. The average molecular weight is 81.1 g/mol. The normalized spacial score (nSPS) is 15.0. The second-order valence-electron chi connectivity index (χ2n) is 0.764. The molecular formula is C5H4N. The Hall–Kier alpha value is -0.850. The summed E-state index contributed by atoms with van der Waals surface area (Å²) >= 11 is 0. The molecule has 0 aliphatic carbocycles. The van der Waals surface area contributed by atoms with Crippen LogP contribution in [0.2, 0.25) is 0 Å². The number of aromatic nitrogens is 1. The zero-order chi connectivity index (χ0) is 6.85. The van der Waals surface area contributed by atoms with Gasteiger partial charge in [0.05, 0.1) is 10.3 Å². The van der Waals surface area contributed by atoms with E-state index in [2.05, 4.69) is 11.2 Å². The van der Waals surface area contributed by atoms with Crippen molar-refractivity contribution < 1.29 is 4.11 Å². The Morgan fingerprint density at radius 1 is 1.67 bits per heavy atom. The molecule has 0 atom stereocenters. The summed E-state index contributed by atoms with van der Waals surface area (Å²) in [5.41, 5.74) is 0. The van der Waals surface area contributed by atoms with Crippen molar-refractivity contribution in [2.24, 2.45) is 0 Å². The van der Waals surface area contributed by atoms with E-state index in [1.807, 2.05) is 0 Å². The third-order valence-corrected chi connectivity index (χ3v) is 0.384. The molecule has 1 rings (SSSR count). The van der Waals surface area contributed by atoms with Gasteiger partial charge < -0.3 is 0 Å². The van der Waals surface area contributed by atoms with E-state index >= 15 is 0 Å². The van der Waals surface area contributed by atoms with E-state index in [0.717, 1.165) is 0 Å². The summed E-state index contributed by atoms with van der Waals surface area (Å²) in [6.07, 6.45) is 3.44. The predicted molar refractivity (Wildman–Crippen MR) is 23.1 cm³/mol. The van der Waals surface area contributed by atoms with Crippen LogP contribution in [0.1, 0.15) is 4.11 Å². The van der Waals surface area contributed by atoms with E-state index < -0.39 is 0 Å². The Morgan fingerprint density at radius 2 is 2.67 bits per heavy atom. The number of pyridine rings is 1. The minimum atomic E-state index is -0.123. The van der Waals surface area contributed by atoms with Crippen LogP contribution in [0.5, 0.6) is 0 Å². The molecule has 1 heteroatoms. The van der Waals surface area contributed by atoms with Crippen LogP contribution in [-0.2, 0) is 0 Å². The first-order valence-electron chi connectivity index (χ1n) is 3.02. The molecule has 1 aromatic heterocycles. The van der Waals surface area contributed by atoms with Crippen LogP contribution in [0.15, 0.2) is 24.3 Å². The molecule has 0 bridgehead atoms. The van der Waals surface area contributed by atoms with Gasteiger partial charge in [-0.05, 0) is 12.1 Å². The van der Waals surface area contributed by atoms with E-state index in [1.54, 1.807) is 0 Å². The zero-order valence-electron chi connectivity index (χ0n) is 6.02. The molecule has 0 unspecified atom stereocenters. The van der Waals surface area contributed by atoms with Crippen molar-refractivity contribution in [2.75, 3.05) is 0 Å². The Bertz CT molecular complexity index is 203. The molecule has 0 saturated heterocycles. The highest BCUT2D eigenvalue weighted by Crippen LogP contribution is 1.72. The minimum absolute atomic E-state index is 0.0289. The SMILES string of the molecule is [2H]c1[c]ncc([2H])c1[2H]. The molecule has 6 heavy (non-hydrogen) atoms. The summed E-state index contributed by atoms with van der Waals surface area (Å²) in [7, 11) is 0. The Morgan fingerprint density at radius 3 is 3.33 bits per heavy atom. The van der Waals surface area contributed by atoms with Crippen molar-refractivity contribution in [1.82, 2.24) is 4.98 Å². The minimum Gasteiger partial charge on any atom is -0.255 e. The molecule has 1 aromatic rings. The van der Waals surface area contributed by atoms with Gasteiger partial charge in [0.25, 0.3) is 0 Å². The fraction of sp³-hybridized carbons (Fsp3) is 0. The lowest BCUT2D eigenvalue weighted by molar-refractivity contribution is 1.31. The van der Waals surface area contributed by atoms with Crippen LogP contribution in [-0.4, -0.2) is 4.98 Å². The van der Waals surface area contributed by atoms with Crippen LogP contribution in [0.3, 0.4) is 0 Å². The van der Waals surface area contributed by atoms with E-state index in [1.165, 1.54) is 6.20 Å². The summed E-state index contributed by atoms with van der Waals surface area (Å²) in [5.74, 6) is 0. The largest absolute Gasteiger partial charge is 0.255 e. The van der Waals surface area contributed by atoms with Gasteiger partial charge in [-0.25, -0.2) is 0 Å². The molecule has 0 aliphatic rings. The van der Waals surface area contributed by atoms with Gasteiger partial charge in [0.2, 0.25) is 0 Å². The van der Waals surface area contributed by atoms with E-state index in [4.69, 9.17) is 4.11 Å². The summed E-state index contributed by atoms with van der Waals surface area (Å²) < 4.78 is 20.9. The average Bonchev–Trinajstić information content (AvgIpc) is 1.83. The molecule has 0 aromatic carbocycles. The highest BCUT2D eigenvalue weighted by atomic mass is 14.6. The topological polar surface area (TPSA) is 12.9 Å². The number of hydrogen-bond acceptors (Lipinski definition) is 1. The third-order valence-electron chi connectivity index (χ3n) is 0.384. The molecule has 0 aliphatic heterocycles. The predicted octanol–water partition coefficient (Wildman–Crippen LogP) is 0.882. The van der Waals surface area contributed by atoms with Crippen molar-refractivity contribution in [3.8, 4) is 0 Å². The molecule has 0 amide bonds. The van der Waals surface area contributed by atoms with Crippen LogP contribution < -0.4 is 0 Å². The smallest absolute Gasteiger partial charge is 0.0886 e. The van der Waals surface area contributed by atoms with Gasteiger partial charge in [0, 0.05) is 6.20 Å². The van der Waals surface area contributed by atoms with Crippen molar-refractivity contribution in [2.45, 2.75) is 0 Å². The summed E-state index contributed by atoms with van der Waals surface area (Å²) in [5, 5.41) is 0. The standard InChI is InChI=1S/C5H4N/c1-2-4-6-5-3-1/h1-4H/i1D,2D,3D. The summed E-state index contributed by atoms with van der Waals surface area (Å²) in [6, 6.07) is -0.272. The second kappa shape index (κ2) is 1.55. The zero-order valence-corrected chi connectivity index (χ0v) is 3.02. The molecule has 1 heterocycles. The molecule has 0 N–H and O–H groups in total. The first-order chi connectivity index (χ1) is 4.22. The van der Waals surface area contributed by atoms with Gasteiger partial charge in [-0.3, -0.25) is 4.98 Å². The van der Waals surface area contributed by atoms with E-state index in [0.29, 0.717) is 0 Å². The Kier molecular flexibility index (Phi) is 0.346.